The maximum absolute atomic E-state index is 11.4. The molecule has 2 amide bonds. The SMILES string of the molecule is CC(C)(C)OC(=O)Nc1ccc(CBr)cn1.CC(C)(C)OC(=O)OC(=O)OC(C)(C)C.Cc1ccc(N)nc1.Cc1ccc(NC(=O)OC(C)(C)C)nc1. The zero-order valence-electron chi connectivity index (χ0n) is 33.9. The van der Waals surface area contributed by atoms with Crippen LogP contribution in [0.5, 0.6) is 0 Å². The van der Waals surface area contributed by atoms with Crippen LogP contribution in [0.25, 0.3) is 0 Å². The van der Waals surface area contributed by atoms with Gasteiger partial charge in [-0.25, -0.2) is 34.1 Å². The molecule has 0 aliphatic carbocycles. The van der Waals surface area contributed by atoms with Crippen LogP contribution in [0.2, 0.25) is 0 Å². The number of hydrogen-bond donors (Lipinski definition) is 3. The van der Waals surface area contributed by atoms with E-state index in [9.17, 15) is 19.2 Å². The van der Waals surface area contributed by atoms with Crippen molar-refractivity contribution in [1.82, 2.24) is 15.0 Å². The maximum Gasteiger partial charge on any atom is 0.519 e. The van der Waals surface area contributed by atoms with Gasteiger partial charge in [-0.05, 0) is 132 Å². The Morgan fingerprint density at radius 3 is 1.22 bits per heavy atom. The van der Waals surface area contributed by atoms with E-state index in [1.54, 1.807) is 78.3 Å². The molecule has 0 saturated carbocycles. The number of halogens is 1. The first-order chi connectivity index (χ1) is 24.6. The van der Waals surface area contributed by atoms with E-state index in [2.05, 4.69) is 46.3 Å². The Hall–Kier alpha value is -4.99. The number of aromatic nitrogens is 3. The Balaban J connectivity index is 0.000000709. The van der Waals surface area contributed by atoms with Gasteiger partial charge < -0.3 is 29.4 Å². The van der Waals surface area contributed by atoms with Crippen molar-refractivity contribution in [3.63, 3.8) is 0 Å². The fourth-order valence-electron chi connectivity index (χ4n) is 3.02. The molecule has 0 radical (unpaired) electrons. The van der Waals surface area contributed by atoms with Gasteiger partial charge in [0.25, 0.3) is 0 Å². The van der Waals surface area contributed by atoms with Crippen LogP contribution in [-0.4, -0.2) is 61.9 Å². The van der Waals surface area contributed by atoms with E-state index >= 15 is 0 Å². The second-order valence-electron chi connectivity index (χ2n) is 15.5. The molecule has 0 unspecified atom stereocenters. The lowest BCUT2D eigenvalue weighted by Crippen LogP contribution is -2.29. The average Bonchev–Trinajstić information content (AvgIpc) is 2.97. The molecule has 300 valence electrons. The van der Waals surface area contributed by atoms with Crippen molar-refractivity contribution in [3.05, 3.63) is 71.7 Å². The van der Waals surface area contributed by atoms with E-state index in [0.29, 0.717) is 17.5 Å². The van der Waals surface area contributed by atoms with Crippen molar-refractivity contribution in [2.45, 2.75) is 125 Å². The molecule has 0 saturated heterocycles. The highest BCUT2D eigenvalue weighted by atomic mass is 79.9. The molecule has 0 atom stereocenters. The molecule has 3 rings (SSSR count). The van der Waals surface area contributed by atoms with Gasteiger partial charge in [-0.2, -0.15) is 0 Å². The van der Waals surface area contributed by atoms with Gasteiger partial charge in [-0.3, -0.25) is 10.6 Å². The number of alkyl halides is 1. The molecule has 0 fully saturated rings. The lowest BCUT2D eigenvalue weighted by molar-refractivity contribution is -0.0294. The first-order valence-corrected chi connectivity index (χ1v) is 17.9. The molecule has 0 bridgehead atoms. The number of nitrogens with one attached hydrogen (secondary N) is 2. The molecular formula is C38H57BrN6O9. The zero-order chi connectivity index (χ0) is 41.9. The summed E-state index contributed by atoms with van der Waals surface area (Å²) >= 11 is 3.32. The topological polar surface area (TPSA) is 203 Å². The van der Waals surface area contributed by atoms with Crippen molar-refractivity contribution >= 4 is 57.9 Å². The van der Waals surface area contributed by atoms with E-state index in [1.807, 2.05) is 73.6 Å². The Labute approximate surface area is 327 Å². The number of nitrogen functional groups attached to an aromatic ring is 1. The van der Waals surface area contributed by atoms with E-state index in [0.717, 1.165) is 22.0 Å². The van der Waals surface area contributed by atoms with Crippen molar-refractivity contribution in [1.29, 1.82) is 0 Å². The van der Waals surface area contributed by atoms with E-state index in [4.69, 9.17) is 24.7 Å². The number of anilines is 3. The van der Waals surface area contributed by atoms with Crippen LogP contribution in [0.3, 0.4) is 0 Å². The minimum absolute atomic E-state index is 0.485. The number of aryl methyl sites for hydroxylation is 2. The number of carbonyl (C=O) groups is 4. The number of carbonyl (C=O) groups excluding carboxylic acids is 4. The van der Waals surface area contributed by atoms with E-state index < -0.39 is 46.9 Å². The Bertz CT molecular complexity index is 1540. The maximum atomic E-state index is 11.4. The second-order valence-corrected chi connectivity index (χ2v) is 16.0. The largest absolute Gasteiger partial charge is 0.519 e. The standard InChI is InChI=1S/C11H15BrN2O2.C11H16N2O2.C10H18O5.C6H8N2/c1-11(2,3)16-10(15)14-9-5-4-8(6-12)7-13-9;1-8-5-6-9(12-7-8)13-10(14)15-11(2,3)4;1-9(2,3)14-7(11)13-8(12)15-10(4,5)6;1-5-2-3-6(7)8-4-5/h4-5,7H,6H2,1-3H3,(H,13,14,15);5-7H,1-4H3,(H,12,13,14);1-6H3;2-4H,1H3,(H2,7,8). The minimum Gasteiger partial charge on any atom is -0.444 e. The molecule has 4 N–H and O–H groups in total. The fourth-order valence-corrected chi connectivity index (χ4v) is 3.36. The number of rotatable bonds is 3. The van der Waals surface area contributed by atoms with Crippen LogP contribution < -0.4 is 16.4 Å². The summed E-state index contributed by atoms with van der Waals surface area (Å²) in [6, 6.07) is 10.9. The molecule has 3 heterocycles. The quantitative estimate of drug-likeness (QED) is 0.0975. The Morgan fingerprint density at radius 1 is 0.574 bits per heavy atom. The number of nitrogens with two attached hydrogens (primary N) is 1. The first-order valence-electron chi connectivity index (χ1n) is 16.8. The van der Waals surface area contributed by atoms with Crippen molar-refractivity contribution in [2.75, 3.05) is 16.4 Å². The summed E-state index contributed by atoms with van der Waals surface area (Å²) < 4.78 is 24.0. The summed E-state index contributed by atoms with van der Waals surface area (Å²) in [7, 11) is 0. The molecule has 0 aliphatic heterocycles. The second kappa shape index (κ2) is 22.3. The predicted octanol–water partition coefficient (Wildman–Crippen LogP) is 9.91. The van der Waals surface area contributed by atoms with Gasteiger partial charge in [0.2, 0.25) is 0 Å². The molecule has 0 spiro atoms. The molecule has 0 aliphatic rings. The summed E-state index contributed by atoms with van der Waals surface area (Å²) in [5.41, 5.74) is 6.17. The van der Waals surface area contributed by atoms with Gasteiger partial charge >= 0.3 is 24.5 Å². The van der Waals surface area contributed by atoms with Crippen LogP contribution in [0.1, 0.15) is 99.8 Å². The lowest BCUT2D eigenvalue weighted by Gasteiger charge is -2.20. The first kappa shape index (κ1) is 49.0. The van der Waals surface area contributed by atoms with E-state index in [-0.39, 0.29) is 0 Å². The van der Waals surface area contributed by atoms with Gasteiger partial charge in [0.15, 0.2) is 0 Å². The van der Waals surface area contributed by atoms with Crippen molar-refractivity contribution in [3.8, 4) is 0 Å². The molecular weight excluding hydrogens is 764 g/mol. The van der Waals surface area contributed by atoms with Crippen LogP contribution in [-0.2, 0) is 29.0 Å². The van der Waals surface area contributed by atoms with Crippen LogP contribution >= 0.6 is 15.9 Å². The zero-order valence-corrected chi connectivity index (χ0v) is 35.5. The molecule has 15 nitrogen and oxygen atoms in total. The monoisotopic (exact) mass is 820 g/mol. The highest BCUT2D eigenvalue weighted by Crippen LogP contribution is 2.14. The number of hydrogen-bond acceptors (Lipinski definition) is 13. The number of pyridine rings is 3. The van der Waals surface area contributed by atoms with Crippen LogP contribution in [0.4, 0.5) is 36.6 Å². The summed E-state index contributed by atoms with van der Waals surface area (Å²) in [6.45, 7) is 24.8. The fraction of sp³-hybridized carbons (Fsp3) is 0.500. The van der Waals surface area contributed by atoms with Gasteiger partial charge in [-0.1, -0.05) is 34.1 Å². The van der Waals surface area contributed by atoms with Gasteiger partial charge in [0, 0.05) is 23.9 Å². The van der Waals surface area contributed by atoms with Crippen LogP contribution in [0, 0.1) is 13.8 Å². The van der Waals surface area contributed by atoms with Gasteiger partial charge in [0.05, 0.1) is 0 Å². The van der Waals surface area contributed by atoms with Crippen LogP contribution in [0.15, 0.2) is 55.0 Å². The summed E-state index contributed by atoms with van der Waals surface area (Å²) in [5, 5.41) is 5.86. The van der Waals surface area contributed by atoms with Gasteiger partial charge in [-0.15, -0.1) is 0 Å². The number of amides is 2. The normalized spacial score (nSPS) is 10.9. The average molecular weight is 822 g/mol. The highest BCUT2D eigenvalue weighted by Gasteiger charge is 2.24. The highest BCUT2D eigenvalue weighted by molar-refractivity contribution is 9.08. The molecule has 54 heavy (non-hydrogen) atoms. The smallest absolute Gasteiger partial charge is 0.444 e. The molecule has 3 aromatic rings. The van der Waals surface area contributed by atoms with E-state index in [1.165, 1.54) is 0 Å². The number of nitrogens with zero attached hydrogens (tertiary/aromatic N) is 3. The third-order valence-corrected chi connectivity index (χ3v) is 5.68. The summed E-state index contributed by atoms with van der Waals surface area (Å²) in [5.74, 6) is 1.56. The van der Waals surface area contributed by atoms with Gasteiger partial charge in [0.1, 0.15) is 39.9 Å². The van der Waals surface area contributed by atoms with Crippen molar-refractivity contribution in [2.24, 2.45) is 0 Å². The predicted molar refractivity (Wildman–Crippen MR) is 212 cm³/mol. The van der Waals surface area contributed by atoms with Crippen molar-refractivity contribution < 1.29 is 42.9 Å². The Morgan fingerprint density at radius 2 is 0.944 bits per heavy atom. The summed E-state index contributed by atoms with van der Waals surface area (Å²) in [6.07, 6.45) is 2.03. The molecule has 16 heteroatoms. The minimum atomic E-state index is -1.06. The molecule has 0 aromatic carbocycles. The third-order valence-electron chi connectivity index (χ3n) is 5.03. The third kappa shape index (κ3) is 28.6. The number of ether oxygens (including phenoxy) is 5. The molecule has 3 aromatic heterocycles. The summed E-state index contributed by atoms with van der Waals surface area (Å²) in [4.78, 5) is 56.7. The lowest BCUT2D eigenvalue weighted by atomic mass is 10.2. The Kier molecular flexibility index (Phi) is 20.2.